The van der Waals surface area contributed by atoms with Gasteiger partial charge >= 0.3 is 17.9 Å². The Bertz CT molecular complexity index is 1150. The van der Waals surface area contributed by atoms with Crippen molar-refractivity contribution >= 4 is 17.9 Å². The van der Waals surface area contributed by atoms with Crippen molar-refractivity contribution in [3.63, 3.8) is 0 Å². The highest BCUT2D eigenvalue weighted by atomic mass is 16.6. The van der Waals surface area contributed by atoms with Gasteiger partial charge in [0.05, 0.1) is 0 Å². The van der Waals surface area contributed by atoms with Gasteiger partial charge in [0.25, 0.3) is 0 Å². The van der Waals surface area contributed by atoms with Crippen LogP contribution in [0, 0.1) is 0 Å². The van der Waals surface area contributed by atoms with Crippen molar-refractivity contribution in [2.24, 2.45) is 0 Å². The molecule has 0 heterocycles. The molecular weight excluding hydrogens is 781 g/mol. The SMILES string of the molecule is CC\C=C/C=C\C=C/C=C\CCCCCCCC(=O)OC(COC(=O)CCCCCCCCC/C=C\CCCCCCCCCC)COC(=O)CCCCCCCCCCCCC. The molecule has 0 fully saturated rings. The Kier molecular flexibility index (Phi) is 49.4. The lowest BCUT2D eigenvalue weighted by Gasteiger charge is -2.18. The van der Waals surface area contributed by atoms with Crippen LogP contribution >= 0.6 is 0 Å². The topological polar surface area (TPSA) is 78.9 Å². The van der Waals surface area contributed by atoms with Gasteiger partial charge in [-0.2, -0.15) is 0 Å². The molecule has 0 amide bonds. The summed E-state index contributed by atoms with van der Waals surface area (Å²) in [6.45, 7) is 6.48. The minimum absolute atomic E-state index is 0.0835. The summed E-state index contributed by atoms with van der Waals surface area (Å²) in [5, 5.41) is 0. The molecule has 0 aromatic heterocycles. The van der Waals surface area contributed by atoms with Crippen molar-refractivity contribution < 1.29 is 28.6 Å². The summed E-state index contributed by atoms with van der Waals surface area (Å²) in [4.78, 5) is 38.0. The van der Waals surface area contributed by atoms with Gasteiger partial charge < -0.3 is 14.2 Å². The molecule has 6 nitrogen and oxygen atoms in total. The van der Waals surface area contributed by atoms with E-state index < -0.39 is 6.10 Å². The molecule has 1 unspecified atom stereocenters. The van der Waals surface area contributed by atoms with Gasteiger partial charge in [0, 0.05) is 19.3 Å². The van der Waals surface area contributed by atoms with E-state index in [1.54, 1.807) is 0 Å². The molecule has 0 bridgehead atoms. The fraction of sp³-hybridized carbons (Fsp3) is 0.772. The van der Waals surface area contributed by atoms with Crippen LogP contribution in [-0.2, 0) is 28.6 Å². The van der Waals surface area contributed by atoms with Crippen molar-refractivity contribution in [1.82, 2.24) is 0 Å². The number of hydrogen-bond acceptors (Lipinski definition) is 6. The molecule has 0 aliphatic carbocycles. The second kappa shape index (κ2) is 51.7. The summed E-state index contributed by atoms with van der Waals surface area (Å²) >= 11 is 0. The van der Waals surface area contributed by atoms with Gasteiger partial charge in [0.15, 0.2) is 6.10 Å². The van der Waals surface area contributed by atoms with Crippen LogP contribution < -0.4 is 0 Å². The zero-order chi connectivity index (χ0) is 45.8. The molecule has 0 radical (unpaired) electrons. The third kappa shape index (κ3) is 50.0. The van der Waals surface area contributed by atoms with Crippen LogP contribution in [-0.4, -0.2) is 37.2 Å². The average Bonchev–Trinajstić information content (AvgIpc) is 3.28. The molecule has 0 aliphatic rings. The maximum atomic E-state index is 12.8. The van der Waals surface area contributed by atoms with Gasteiger partial charge in [0.2, 0.25) is 0 Å². The Morgan fingerprint density at radius 2 is 0.635 bits per heavy atom. The third-order valence-corrected chi connectivity index (χ3v) is 11.6. The average molecular weight is 881 g/mol. The van der Waals surface area contributed by atoms with Crippen LogP contribution in [0.2, 0.25) is 0 Å². The largest absolute Gasteiger partial charge is 0.462 e. The van der Waals surface area contributed by atoms with Crippen LogP contribution in [0.5, 0.6) is 0 Å². The summed E-state index contributed by atoms with van der Waals surface area (Å²) < 4.78 is 16.8. The predicted octanol–water partition coefficient (Wildman–Crippen LogP) is 17.6. The minimum atomic E-state index is -0.785. The van der Waals surface area contributed by atoms with E-state index in [0.717, 1.165) is 83.5 Å². The molecule has 0 aromatic carbocycles. The first-order valence-corrected chi connectivity index (χ1v) is 26.8. The number of allylic oxidation sites excluding steroid dienone is 10. The Balaban J connectivity index is 4.36. The Labute approximate surface area is 390 Å². The van der Waals surface area contributed by atoms with Gasteiger partial charge in [-0.3, -0.25) is 14.4 Å². The molecule has 364 valence electrons. The first-order chi connectivity index (χ1) is 31.0. The Morgan fingerprint density at radius 1 is 0.333 bits per heavy atom. The van der Waals surface area contributed by atoms with Crippen LogP contribution in [0.1, 0.15) is 265 Å². The summed E-state index contributed by atoms with van der Waals surface area (Å²) in [5.74, 6) is -0.905. The fourth-order valence-corrected chi connectivity index (χ4v) is 7.57. The van der Waals surface area contributed by atoms with E-state index in [1.807, 2.05) is 18.2 Å². The smallest absolute Gasteiger partial charge is 0.306 e. The van der Waals surface area contributed by atoms with Gasteiger partial charge in [-0.1, -0.05) is 242 Å². The summed E-state index contributed by atoms with van der Waals surface area (Å²) in [7, 11) is 0. The van der Waals surface area contributed by atoms with E-state index in [-0.39, 0.29) is 31.1 Å². The third-order valence-electron chi connectivity index (χ3n) is 11.6. The molecule has 0 saturated carbocycles. The molecular formula is C57H100O6. The van der Waals surface area contributed by atoms with Crippen molar-refractivity contribution in [3.05, 3.63) is 60.8 Å². The minimum Gasteiger partial charge on any atom is -0.462 e. The number of unbranched alkanes of at least 4 members (excludes halogenated alkanes) is 30. The first-order valence-electron chi connectivity index (χ1n) is 26.8. The van der Waals surface area contributed by atoms with Gasteiger partial charge in [-0.25, -0.2) is 0 Å². The zero-order valence-electron chi connectivity index (χ0n) is 41.6. The summed E-state index contributed by atoms with van der Waals surface area (Å²) in [6.07, 6.45) is 63.5. The van der Waals surface area contributed by atoms with E-state index in [4.69, 9.17) is 14.2 Å². The second-order valence-corrected chi connectivity index (χ2v) is 17.9. The molecule has 63 heavy (non-hydrogen) atoms. The molecule has 1 atom stereocenters. The van der Waals surface area contributed by atoms with E-state index in [1.165, 1.54) is 141 Å². The monoisotopic (exact) mass is 881 g/mol. The molecule has 6 heteroatoms. The number of hydrogen-bond donors (Lipinski definition) is 0. The van der Waals surface area contributed by atoms with Crippen LogP contribution in [0.3, 0.4) is 0 Å². The van der Waals surface area contributed by atoms with E-state index >= 15 is 0 Å². The lowest BCUT2D eigenvalue weighted by molar-refractivity contribution is -0.167. The van der Waals surface area contributed by atoms with Crippen molar-refractivity contribution in [3.8, 4) is 0 Å². The molecule has 0 aromatic rings. The van der Waals surface area contributed by atoms with Gasteiger partial charge in [-0.05, 0) is 64.2 Å². The fourth-order valence-electron chi connectivity index (χ4n) is 7.57. The molecule has 0 spiro atoms. The highest BCUT2D eigenvalue weighted by Gasteiger charge is 2.19. The Hall–Kier alpha value is -2.89. The number of esters is 3. The maximum Gasteiger partial charge on any atom is 0.306 e. The summed E-state index contributed by atoms with van der Waals surface area (Å²) in [5.41, 5.74) is 0. The summed E-state index contributed by atoms with van der Waals surface area (Å²) in [6, 6.07) is 0. The molecule has 0 saturated heterocycles. The van der Waals surface area contributed by atoms with E-state index in [9.17, 15) is 14.4 Å². The highest BCUT2D eigenvalue weighted by Crippen LogP contribution is 2.15. The van der Waals surface area contributed by atoms with Crippen molar-refractivity contribution in [1.29, 1.82) is 0 Å². The Morgan fingerprint density at radius 3 is 1.02 bits per heavy atom. The van der Waals surface area contributed by atoms with Gasteiger partial charge in [-0.15, -0.1) is 0 Å². The molecule has 0 rings (SSSR count). The standard InChI is InChI=1S/C57H100O6/c1-4-7-10-13-16-19-22-24-26-27-28-29-31-32-35-38-41-44-47-50-56(59)62-53-54(52-61-55(58)49-46-43-40-37-34-21-18-15-12-9-6-3)63-57(60)51-48-45-42-39-36-33-30-25-23-20-17-14-11-8-5-2/h8,11,14,17,20,23,25,27-28,30,54H,4-7,9-10,12-13,15-16,18-19,21-22,24,26,29,31-53H2,1-3H3/b11-8-,17-14-,23-20-,28-27-,30-25-. The number of carbonyl (C=O) groups is 3. The van der Waals surface area contributed by atoms with Crippen LogP contribution in [0.15, 0.2) is 60.8 Å². The predicted molar refractivity (Wildman–Crippen MR) is 270 cm³/mol. The lowest BCUT2D eigenvalue weighted by Crippen LogP contribution is -2.30. The van der Waals surface area contributed by atoms with Crippen LogP contribution in [0.25, 0.3) is 0 Å². The molecule has 0 aliphatic heterocycles. The zero-order valence-corrected chi connectivity index (χ0v) is 41.6. The number of carbonyl (C=O) groups excluding carboxylic acids is 3. The second-order valence-electron chi connectivity index (χ2n) is 17.9. The normalized spacial score (nSPS) is 12.5. The highest BCUT2D eigenvalue weighted by molar-refractivity contribution is 5.71. The van der Waals surface area contributed by atoms with E-state index in [2.05, 4.69) is 63.3 Å². The lowest BCUT2D eigenvalue weighted by atomic mass is 10.1. The van der Waals surface area contributed by atoms with Crippen molar-refractivity contribution in [2.75, 3.05) is 13.2 Å². The number of rotatable bonds is 48. The van der Waals surface area contributed by atoms with Gasteiger partial charge in [0.1, 0.15) is 13.2 Å². The maximum absolute atomic E-state index is 12.8. The van der Waals surface area contributed by atoms with E-state index in [0.29, 0.717) is 19.3 Å². The van der Waals surface area contributed by atoms with Crippen molar-refractivity contribution in [2.45, 2.75) is 271 Å². The van der Waals surface area contributed by atoms with Crippen LogP contribution in [0.4, 0.5) is 0 Å². The quantitative estimate of drug-likeness (QED) is 0.0199. The molecule has 0 N–H and O–H groups in total. The number of ether oxygens (including phenoxy) is 3. The first kappa shape index (κ1) is 60.1.